The van der Waals surface area contributed by atoms with Gasteiger partial charge in [0.15, 0.2) is 5.82 Å². The van der Waals surface area contributed by atoms with Crippen LogP contribution >= 0.6 is 0 Å². The zero-order chi connectivity index (χ0) is 33.7. The van der Waals surface area contributed by atoms with E-state index in [2.05, 4.69) is 138 Å². The van der Waals surface area contributed by atoms with Crippen molar-refractivity contribution in [2.75, 3.05) is 0 Å². The topological polar surface area (TPSA) is 43.6 Å². The van der Waals surface area contributed by atoms with Gasteiger partial charge in [-0.25, -0.2) is 15.0 Å². The van der Waals surface area contributed by atoms with Gasteiger partial charge in [0.2, 0.25) is 0 Å². The molecule has 2 aromatic heterocycles. The molecular formula is C47H30N4. The molecule has 0 amide bonds. The van der Waals surface area contributed by atoms with Gasteiger partial charge in [-0.1, -0.05) is 127 Å². The fraction of sp³-hybridized carbons (Fsp3) is 0. The van der Waals surface area contributed by atoms with Gasteiger partial charge in [-0.15, -0.1) is 0 Å². The number of rotatable bonds is 5. The summed E-state index contributed by atoms with van der Waals surface area (Å²) in [6.45, 7) is 0. The largest absolute Gasteiger partial charge is 0.292 e. The average Bonchev–Trinajstić information content (AvgIpc) is 3.61. The standard InChI is InChI=1S/C47H30N4/c1-2-16-37(17-3-1)51-45-23-9-8-22-44(45)50-47(51)36-29-48-46(49-30-36)35-15-11-14-33(27-35)31-12-10-13-32(26-31)34-24-25-42-40-20-5-4-18-38(40)39-19-6-7-21-41(39)43(42)28-34/h1-30H. The van der Waals surface area contributed by atoms with Crippen LogP contribution in [0.5, 0.6) is 0 Å². The molecule has 0 saturated heterocycles. The van der Waals surface area contributed by atoms with Crippen LogP contribution in [0.1, 0.15) is 0 Å². The molecule has 0 aliphatic heterocycles. The summed E-state index contributed by atoms with van der Waals surface area (Å²) >= 11 is 0. The maximum absolute atomic E-state index is 4.98. The van der Waals surface area contributed by atoms with E-state index in [0.29, 0.717) is 5.82 Å². The molecular weight excluding hydrogens is 621 g/mol. The molecule has 0 radical (unpaired) electrons. The van der Waals surface area contributed by atoms with Crippen molar-refractivity contribution in [2.45, 2.75) is 0 Å². The molecule has 8 aromatic carbocycles. The van der Waals surface area contributed by atoms with Crippen molar-refractivity contribution in [3.63, 3.8) is 0 Å². The van der Waals surface area contributed by atoms with Crippen molar-refractivity contribution in [1.29, 1.82) is 0 Å². The summed E-state index contributed by atoms with van der Waals surface area (Å²) in [7, 11) is 0. The number of para-hydroxylation sites is 3. The summed E-state index contributed by atoms with van der Waals surface area (Å²) in [4.78, 5) is 14.7. The van der Waals surface area contributed by atoms with Crippen LogP contribution in [0, 0.1) is 0 Å². The number of nitrogens with zero attached hydrogens (tertiary/aromatic N) is 4. The smallest absolute Gasteiger partial charge is 0.159 e. The van der Waals surface area contributed by atoms with Gasteiger partial charge in [-0.05, 0) is 97.0 Å². The number of benzene rings is 8. The van der Waals surface area contributed by atoms with Gasteiger partial charge >= 0.3 is 0 Å². The quantitative estimate of drug-likeness (QED) is 0.174. The Morgan fingerprint density at radius 2 is 0.863 bits per heavy atom. The van der Waals surface area contributed by atoms with Crippen LogP contribution in [0.2, 0.25) is 0 Å². The lowest BCUT2D eigenvalue weighted by Crippen LogP contribution is -1.99. The Balaban J connectivity index is 1.00. The zero-order valence-corrected chi connectivity index (χ0v) is 27.6. The SMILES string of the molecule is c1ccc(-n2c(-c3cnc(-c4cccc(-c5cccc(-c6ccc7c8ccccc8c8ccccc8c7c6)c5)c4)nc3)nc3ccccc32)cc1. The van der Waals surface area contributed by atoms with E-state index in [1.165, 1.54) is 43.4 Å². The molecule has 0 aliphatic carbocycles. The molecule has 0 atom stereocenters. The van der Waals surface area contributed by atoms with E-state index in [1.54, 1.807) is 0 Å². The lowest BCUT2D eigenvalue weighted by atomic mass is 9.91. The summed E-state index contributed by atoms with van der Waals surface area (Å²) in [5, 5.41) is 7.69. The third kappa shape index (κ3) is 4.96. The minimum Gasteiger partial charge on any atom is -0.292 e. The molecule has 0 bridgehead atoms. The normalized spacial score (nSPS) is 11.5. The molecule has 2 heterocycles. The van der Waals surface area contributed by atoms with Gasteiger partial charge in [-0.3, -0.25) is 4.57 Å². The summed E-state index contributed by atoms with van der Waals surface area (Å²) in [5.41, 5.74) is 9.48. The number of imidazole rings is 1. The highest BCUT2D eigenvalue weighted by molar-refractivity contribution is 6.25. The highest BCUT2D eigenvalue weighted by Crippen LogP contribution is 2.38. The molecule has 10 aromatic rings. The van der Waals surface area contributed by atoms with Crippen molar-refractivity contribution in [3.05, 3.63) is 182 Å². The molecule has 0 aliphatic rings. The second-order valence-corrected chi connectivity index (χ2v) is 12.9. The molecule has 0 unspecified atom stereocenters. The minimum absolute atomic E-state index is 0.674. The Labute approximate surface area is 295 Å². The first kappa shape index (κ1) is 29.0. The van der Waals surface area contributed by atoms with Crippen molar-refractivity contribution < 1.29 is 0 Å². The first-order chi connectivity index (χ1) is 25.3. The molecule has 238 valence electrons. The zero-order valence-electron chi connectivity index (χ0n) is 27.6. The monoisotopic (exact) mass is 650 g/mol. The van der Waals surface area contributed by atoms with E-state index >= 15 is 0 Å². The summed E-state index contributed by atoms with van der Waals surface area (Å²) in [6.07, 6.45) is 3.76. The van der Waals surface area contributed by atoms with Crippen LogP contribution in [0.15, 0.2) is 182 Å². The molecule has 0 saturated carbocycles. The van der Waals surface area contributed by atoms with Crippen LogP contribution in [-0.4, -0.2) is 19.5 Å². The Bertz CT molecular complexity index is 2870. The van der Waals surface area contributed by atoms with Crippen molar-refractivity contribution in [3.8, 4) is 50.7 Å². The predicted molar refractivity (Wildman–Crippen MR) is 211 cm³/mol. The van der Waals surface area contributed by atoms with Gasteiger partial charge in [-0.2, -0.15) is 0 Å². The molecule has 10 rings (SSSR count). The van der Waals surface area contributed by atoms with Crippen molar-refractivity contribution in [2.24, 2.45) is 0 Å². The van der Waals surface area contributed by atoms with Crippen LogP contribution < -0.4 is 0 Å². The van der Waals surface area contributed by atoms with Gasteiger partial charge in [0.1, 0.15) is 5.82 Å². The second kappa shape index (κ2) is 11.9. The van der Waals surface area contributed by atoms with Crippen LogP contribution in [0.25, 0.3) is 94.1 Å². The Morgan fingerprint density at radius 3 is 1.53 bits per heavy atom. The molecule has 51 heavy (non-hydrogen) atoms. The molecule has 4 heteroatoms. The van der Waals surface area contributed by atoms with Gasteiger partial charge in [0.05, 0.1) is 16.6 Å². The molecule has 0 N–H and O–H groups in total. The van der Waals surface area contributed by atoms with Crippen LogP contribution in [-0.2, 0) is 0 Å². The predicted octanol–water partition coefficient (Wildman–Crippen LogP) is 11.9. The number of hydrogen-bond acceptors (Lipinski definition) is 3. The highest BCUT2D eigenvalue weighted by atomic mass is 15.1. The van der Waals surface area contributed by atoms with Gasteiger partial charge < -0.3 is 0 Å². The van der Waals surface area contributed by atoms with E-state index in [9.17, 15) is 0 Å². The summed E-state index contributed by atoms with van der Waals surface area (Å²) < 4.78 is 2.17. The van der Waals surface area contributed by atoms with E-state index in [4.69, 9.17) is 15.0 Å². The van der Waals surface area contributed by atoms with E-state index in [1.807, 2.05) is 48.8 Å². The summed E-state index contributed by atoms with van der Waals surface area (Å²) in [6, 6.07) is 60.1. The first-order valence-electron chi connectivity index (χ1n) is 17.2. The lowest BCUT2D eigenvalue weighted by molar-refractivity contribution is 1.08. The lowest BCUT2D eigenvalue weighted by Gasteiger charge is -2.13. The number of aromatic nitrogens is 4. The third-order valence-corrected chi connectivity index (χ3v) is 9.88. The van der Waals surface area contributed by atoms with Crippen molar-refractivity contribution >= 4 is 43.4 Å². The number of fused-ring (bicyclic) bond motifs is 7. The number of hydrogen-bond donors (Lipinski definition) is 0. The van der Waals surface area contributed by atoms with E-state index in [0.717, 1.165) is 44.8 Å². The second-order valence-electron chi connectivity index (χ2n) is 12.9. The molecule has 0 spiro atoms. The Morgan fingerprint density at radius 1 is 0.353 bits per heavy atom. The third-order valence-electron chi connectivity index (χ3n) is 9.88. The highest BCUT2D eigenvalue weighted by Gasteiger charge is 2.16. The van der Waals surface area contributed by atoms with Crippen molar-refractivity contribution in [1.82, 2.24) is 19.5 Å². The average molecular weight is 651 g/mol. The fourth-order valence-corrected chi connectivity index (χ4v) is 7.45. The van der Waals surface area contributed by atoms with Crippen LogP contribution in [0.3, 0.4) is 0 Å². The Kier molecular flexibility index (Phi) is 6.78. The maximum Gasteiger partial charge on any atom is 0.159 e. The van der Waals surface area contributed by atoms with Crippen LogP contribution in [0.4, 0.5) is 0 Å². The van der Waals surface area contributed by atoms with Gasteiger partial charge in [0, 0.05) is 23.6 Å². The fourth-order valence-electron chi connectivity index (χ4n) is 7.45. The first-order valence-corrected chi connectivity index (χ1v) is 17.2. The molecule has 0 fully saturated rings. The van der Waals surface area contributed by atoms with E-state index in [-0.39, 0.29) is 0 Å². The summed E-state index contributed by atoms with van der Waals surface area (Å²) in [5.74, 6) is 1.49. The van der Waals surface area contributed by atoms with E-state index < -0.39 is 0 Å². The maximum atomic E-state index is 4.98. The molecule has 4 nitrogen and oxygen atoms in total. The Hall–Kier alpha value is -6.91. The van der Waals surface area contributed by atoms with Gasteiger partial charge in [0.25, 0.3) is 0 Å². The minimum atomic E-state index is 0.674.